The minimum Gasteiger partial charge on any atom is -0.467 e. The molecule has 0 radical (unpaired) electrons. The molecule has 1 aliphatic carbocycles. The van der Waals surface area contributed by atoms with Gasteiger partial charge < -0.3 is 9.47 Å². The average Bonchev–Trinajstić information content (AvgIpc) is 2.96. The highest BCUT2D eigenvalue weighted by atomic mass is 32.2. The van der Waals surface area contributed by atoms with Crippen LogP contribution in [0.4, 0.5) is 4.79 Å². The number of fused-ring (bicyclic) bond motifs is 1. The molecule has 2 aliphatic rings. The number of rotatable bonds is 3. The van der Waals surface area contributed by atoms with E-state index in [2.05, 4.69) is 0 Å². The zero-order chi connectivity index (χ0) is 17.2. The van der Waals surface area contributed by atoms with Crippen molar-refractivity contribution >= 4 is 23.8 Å². The Labute approximate surface area is 146 Å². The number of hydrogen-bond donors (Lipinski definition) is 0. The van der Waals surface area contributed by atoms with E-state index in [1.807, 2.05) is 30.3 Å². The van der Waals surface area contributed by atoms with Gasteiger partial charge in [-0.2, -0.15) is 0 Å². The number of carbonyl (C=O) groups excluding carboxylic acids is 2. The number of amides is 1. The van der Waals surface area contributed by atoms with E-state index in [0.717, 1.165) is 30.6 Å². The van der Waals surface area contributed by atoms with Gasteiger partial charge in [-0.05, 0) is 37.3 Å². The highest BCUT2D eigenvalue weighted by Gasteiger charge is 2.60. The normalized spacial score (nSPS) is 29.0. The number of ether oxygens (including phenoxy) is 2. The molecule has 1 heterocycles. The van der Waals surface area contributed by atoms with Gasteiger partial charge in [0, 0.05) is 10.9 Å². The maximum atomic E-state index is 12.8. The molecule has 0 spiro atoms. The zero-order valence-corrected chi connectivity index (χ0v) is 14.9. The van der Waals surface area contributed by atoms with Gasteiger partial charge in [0.25, 0.3) is 0 Å². The maximum absolute atomic E-state index is 12.8. The van der Waals surface area contributed by atoms with Gasteiger partial charge in [0.05, 0.1) is 14.2 Å². The Kier molecular flexibility index (Phi) is 5.04. The van der Waals surface area contributed by atoms with Crippen molar-refractivity contribution in [3.05, 3.63) is 30.3 Å². The maximum Gasteiger partial charge on any atom is 0.411 e. The Balaban J connectivity index is 2.03. The van der Waals surface area contributed by atoms with Crippen molar-refractivity contribution in [3.63, 3.8) is 0 Å². The molecule has 24 heavy (non-hydrogen) atoms. The summed E-state index contributed by atoms with van der Waals surface area (Å²) < 4.78 is 10.2. The summed E-state index contributed by atoms with van der Waals surface area (Å²) in [5.41, 5.74) is 0. The third-order valence-electron chi connectivity index (χ3n) is 5.03. The monoisotopic (exact) mass is 349 g/mol. The van der Waals surface area contributed by atoms with Gasteiger partial charge >= 0.3 is 12.1 Å². The van der Waals surface area contributed by atoms with Gasteiger partial charge in [0.15, 0.2) is 4.87 Å². The summed E-state index contributed by atoms with van der Waals surface area (Å²) >= 11 is 1.40. The molecule has 1 aromatic carbocycles. The van der Waals surface area contributed by atoms with Crippen LogP contribution in [0.3, 0.4) is 0 Å². The van der Waals surface area contributed by atoms with E-state index in [-0.39, 0.29) is 12.0 Å². The van der Waals surface area contributed by atoms with E-state index in [1.165, 1.54) is 26.0 Å². The molecular formula is C18H23NO4S. The average molecular weight is 349 g/mol. The topological polar surface area (TPSA) is 55.8 Å². The first-order valence-electron chi connectivity index (χ1n) is 8.32. The lowest BCUT2D eigenvalue weighted by Gasteiger charge is -2.38. The van der Waals surface area contributed by atoms with Gasteiger partial charge in [0.2, 0.25) is 0 Å². The Hall–Kier alpha value is -1.69. The molecule has 1 saturated carbocycles. The number of benzene rings is 1. The number of esters is 1. The molecule has 0 bridgehead atoms. The van der Waals surface area contributed by atoms with Crippen molar-refractivity contribution in [2.45, 2.75) is 47.9 Å². The van der Waals surface area contributed by atoms with Crippen molar-refractivity contribution in [2.75, 3.05) is 14.2 Å². The number of carbonyl (C=O) groups is 2. The third-order valence-corrected chi connectivity index (χ3v) is 6.41. The molecule has 0 aromatic heterocycles. The predicted octanol–water partition coefficient (Wildman–Crippen LogP) is 3.68. The molecule has 5 nitrogen and oxygen atoms in total. The lowest BCUT2D eigenvalue weighted by molar-refractivity contribution is -0.147. The predicted molar refractivity (Wildman–Crippen MR) is 91.7 cm³/mol. The van der Waals surface area contributed by atoms with Crippen LogP contribution in [0.2, 0.25) is 0 Å². The smallest absolute Gasteiger partial charge is 0.411 e. The minimum absolute atomic E-state index is 0.0431. The van der Waals surface area contributed by atoms with Crippen LogP contribution in [0.1, 0.15) is 32.1 Å². The Bertz CT molecular complexity index is 608. The van der Waals surface area contributed by atoms with E-state index in [9.17, 15) is 9.59 Å². The van der Waals surface area contributed by atoms with Gasteiger partial charge in [-0.1, -0.05) is 42.8 Å². The van der Waals surface area contributed by atoms with E-state index in [0.29, 0.717) is 12.3 Å². The molecule has 1 aliphatic heterocycles. The number of thioether (sulfide) groups is 1. The van der Waals surface area contributed by atoms with Gasteiger partial charge in [-0.3, -0.25) is 4.90 Å². The second-order valence-corrected chi connectivity index (χ2v) is 7.70. The summed E-state index contributed by atoms with van der Waals surface area (Å²) in [6.45, 7) is 0. The fourth-order valence-corrected chi connectivity index (χ4v) is 5.48. The zero-order valence-electron chi connectivity index (χ0n) is 14.1. The van der Waals surface area contributed by atoms with E-state index >= 15 is 0 Å². The fourth-order valence-electron chi connectivity index (χ4n) is 4.03. The molecule has 1 aromatic rings. The van der Waals surface area contributed by atoms with E-state index in [4.69, 9.17) is 9.47 Å². The van der Waals surface area contributed by atoms with Crippen LogP contribution >= 0.6 is 11.8 Å². The SMILES string of the molecule is COC(=O)N1[C@H]2CCCC[C@H]2CC1(Sc1ccccc1)C(=O)OC. The summed E-state index contributed by atoms with van der Waals surface area (Å²) in [6.07, 6.45) is 4.32. The third kappa shape index (κ3) is 2.88. The molecule has 1 unspecified atom stereocenters. The Morgan fingerprint density at radius 2 is 1.83 bits per heavy atom. The molecule has 1 saturated heterocycles. The summed E-state index contributed by atoms with van der Waals surface area (Å²) in [5.74, 6) is -0.0654. The molecule has 1 amide bonds. The van der Waals surface area contributed by atoms with E-state index in [1.54, 1.807) is 4.90 Å². The largest absolute Gasteiger partial charge is 0.467 e. The number of likely N-dealkylation sites (tertiary alicyclic amines) is 1. The molecule has 0 N–H and O–H groups in total. The van der Waals surface area contributed by atoms with Gasteiger partial charge in [-0.15, -0.1) is 0 Å². The van der Waals surface area contributed by atoms with E-state index < -0.39 is 11.0 Å². The molecule has 3 atom stereocenters. The lowest BCUT2D eigenvalue weighted by atomic mass is 9.85. The first kappa shape index (κ1) is 17.1. The molecular weight excluding hydrogens is 326 g/mol. The number of nitrogens with zero attached hydrogens (tertiary/aromatic N) is 1. The quantitative estimate of drug-likeness (QED) is 0.779. The first-order chi connectivity index (χ1) is 11.6. The summed E-state index contributed by atoms with van der Waals surface area (Å²) in [4.78, 5) is 26.9. The molecule has 2 fully saturated rings. The second kappa shape index (κ2) is 7.05. The van der Waals surface area contributed by atoms with Crippen molar-refractivity contribution < 1.29 is 19.1 Å². The van der Waals surface area contributed by atoms with Crippen LogP contribution in [0.15, 0.2) is 35.2 Å². The van der Waals surface area contributed by atoms with Gasteiger partial charge in [-0.25, -0.2) is 9.59 Å². The standard InChI is InChI=1S/C18H23NO4S/c1-22-16(20)18(24-14-9-4-3-5-10-14)12-13-8-6-7-11-15(13)19(18)17(21)23-2/h3-5,9-10,13,15H,6-8,11-12H2,1-2H3/t13-,15-,18?/m0/s1. The molecule has 6 heteroatoms. The summed E-state index contributed by atoms with van der Waals surface area (Å²) in [5, 5.41) is 0. The van der Waals surface area contributed by atoms with Crippen LogP contribution in [-0.2, 0) is 14.3 Å². The van der Waals surface area contributed by atoms with Crippen molar-refractivity contribution in [2.24, 2.45) is 5.92 Å². The number of hydrogen-bond acceptors (Lipinski definition) is 5. The Morgan fingerprint density at radius 3 is 2.50 bits per heavy atom. The lowest BCUT2D eigenvalue weighted by Crippen LogP contribution is -2.54. The number of methoxy groups -OCH3 is 2. The van der Waals surface area contributed by atoms with Crippen molar-refractivity contribution in [1.82, 2.24) is 4.90 Å². The van der Waals surface area contributed by atoms with Crippen LogP contribution in [-0.4, -0.2) is 42.1 Å². The summed E-state index contributed by atoms with van der Waals surface area (Å²) in [7, 11) is 2.75. The van der Waals surface area contributed by atoms with Crippen LogP contribution in [0.25, 0.3) is 0 Å². The van der Waals surface area contributed by atoms with Crippen LogP contribution in [0, 0.1) is 5.92 Å². The second-order valence-electron chi connectivity index (χ2n) is 6.35. The van der Waals surface area contributed by atoms with Crippen LogP contribution < -0.4 is 0 Å². The van der Waals surface area contributed by atoms with Crippen molar-refractivity contribution in [3.8, 4) is 0 Å². The van der Waals surface area contributed by atoms with Crippen molar-refractivity contribution in [1.29, 1.82) is 0 Å². The minimum atomic E-state index is -1.05. The highest BCUT2D eigenvalue weighted by Crippen LogP contribution is 2.53. The van der Waals surface area contributed by atoms with Gasteiger partial charge in [0.1, 0.15) is 0 Å². The summed E-state index contributed by atoms with van der Waals surface area (Å²) in [6, 6.07) is 9.73. The first-order valence-corrected chi connectivity index (χ1v) is 9.14. The molecule has 130 valence electrons. The van der Waals surface area contributed by atoms with Crippen LogP contribution in [0.5, 0.6) is 0 Å². The fraction of sp³-hybridized carbons (Fsp3) is 0.556. The molecule has 3 rings (SSSR count). The highest BCUT2D eigenvalue weighted by molar-refractivity contribution is 8.01. The Morgan fingerprint density at radius 1 is 1.12 bits per heavy atom.